The van der Waals surface area contributed by atoms with Gasteiger partial charge in [0.25, 0.3) is 0 Å². The molecule has 4 rings (SSSR count). The number of thioether (sulfide) groups is 1. The number of carbonyl (C=O) groups is 1. The topological polar surface area (TPSA) is 59.8 Å². The molecule has 7 heteroatoms. The van der Waals surface area contributed by atoms with Crippen LogP contribution >= 0.6 is 11.8 Å². The second-order valence-electron chi connectivity index (χ2n) is 7.28. The minimum Gasteiger partial charge on any atom is -0.348 e. The van der Waals surface area contributed by atoms with Crippen molar-refractivity contribution in [2.24, 2.45) is 7.05 Å². The molecule has 2 aromatic carbocycles. The number of hydrogen-bond acceptors (Lipinski definition) is 4. The Morgan fingerprint density at radius 2 is 1.97 bits per heavy atom. The fourth-order valence-corrected chi connectivity index (χ4v) is 4.50. The first-order chi connectivity index (χ1) is 14.0. The highest BCUT2D eigenvalue weighted by Crippen LogP contribution is 2.31. The molecular weight excluding hydrogens is 387 g/mol. The first-order valence-electron chi connectivity index (χ1n) is 9.73. The summed E-state index contributed by atoms with van der Waals surface area (Å²) < 4.78 is 15.0. The quantitative estimate of drug-likeness (QED) is 0.638. The van der Waals surface area contributed by atoms with Crippen LogP contribution in [0.25, 0.3) is 11.4 Å². The number of aromatic nitrogens is 3. The van der Waals surface area contributed by atoms with Crippen molar-refractivity contribution in [3.05, 3.63) is 65.5 Å². The molecule has 0 fully saturated rings. The van der Waals surface area contributed by atoms with Crippen molar-refractivity contribution in [3.63, 3.8) is 0 Å². The standard InChI is InChI=1S/C22H23FN4OS/c1-14(21(28)24-19-9-5-7-15-6-3-4-8-18(15)19)29-22-26-25-20(27(22)2)16-10-12-17(23)13-11-16/h3-4,6,8,10-14,19H,5,7,9H2,1-2H3,(H,24,28). The smallest absolute Gasteiger partial charge is 0.233 e. The Morgan fingerprint density at radius 1 is 1.21 bits per heavy atom. The first kappa shape index (κ1) is 19.6. The maximum Gasteiger partial charge on any atom is 0.233 e. The number of nitrogens with zero attached hydrogens (tertiary/aromatic N) is 3. The number of hydrogen-bond donors (Lipinski definition) is 1. The summed E-state index contributed by atoms with van der Waals surface area (Å²) in [6.07, 6.45) is 3.10. The molecule has 0 saturated heterocycles. The molecule has 5 nitrogen and oxygen atoms in total. The highest BCUT2D eigenvalue weighted by atomic mass is 32.2. The predicted molar refractivity (Wildman–Crippen MR) is 112 cm³/mol. The highest BCUT2D eigenvalue weighted by Gasteiger charge is 2.25. The van der Waals surface area contributed by atoms with Crippen LogP contribution in [-0.2, 0) is 18.3 Å². The zero-order valence-electron chi connectivity index (χ0n) is 16.4. The van der Waals surface area contributed by atoms with E-state index in [-0.39, 0.29) is 23.0 Å². The Morgan fingerprint density at radius 3 is 2.76 bits per heavy atom. The van der Waals surface area contributed by atoms with Gasteiger partial charge in [0.05, 0.1) is 11.3 Å². The molecule has 0 spiro atoms. The Balaban J connectivity index is 1.44. The van der Waals surface area contributed by atoms with Gasteiger partial charge in [0, 0.05) is 12.6 Å². The third kappa shape index (κ3) is 4.19. The van der Waals surface area contributed by atoms with E-state index in [1.54, 1.807) is 12.1 Å². The van der Waals surface area contributed by atoms with Crippen molar-refractivity contribution < 1.29 is 9.18 Å². The van der Waals surface area contributed by atoms with E-state index < -0.39 is 0 Å². The number of rotatable bonds is 5. The average Bonchev–Trinajstić information content (AvgIpc) is 3.09. The number of carbonyl (C=O) groups excluding carboxylic acids is 1. The number of halogens is 1. The summed E-state index contributed by atoms with van der Waals surface area (Å²) in [4.78, 5) is 12.8. The molecule has 0 radical (unpaired) electrons. The second-order valence-corrected chi connectivity index (χ2v) is 8.59. The number of fused-ring (bicyclic) bond motifs is 1. The largest absolute Gasteiger partial charge is 0.348 e. The first-order valence-corrected chi connectivity index (χ1v) is 10.6. The summed E-state index contributed by atoms with van der Waals surface area (Å²) in [5.41, 5.74) is 3.33. The number of benzene rings is 2. The zero-order chi connectivity index (χ0) is 20.4. The van der Waals surface area contributed by atoms with Gasteiger partial charge in [-0.05, 0) is 61.6 Å². The Bertz CT molecular complexity index is 1020. The van der Waals surface area contributed by atoms with Crippen LogP contribution < -0.4 is 5.32 Å². The van der Waals surface area contributed by atoms with Gasteiger partial charge >= 0.3 is 0 Å². The zero-order valence-corrected chi connectivity index (χ0v) is 17.2. The van der Waals surface area contributed by atoms with Crippen molar-refractivity contribution in [2.75, 3.05) is 0 Å². The monoisotopic (exact) mass is 410 g/mol. The fraction of sp³-hybridized carbons (Fsp3) is 0.318. The maximum absolute atomic E-state index is 13.2. The number of aryl methyl sites for hydroxylation is 1. The summed E-state index contributed by atoms with van der Waals surface area (Å²) >= 11 is 1.37. The van der Waals surface area contributed by atoms with Crippen LogP contribution in [0.2, 0.25) is 0 Å². The minimum atomic E-state index is -0.312. The molecule has 0 saturated carbocycles. The van der Waals surface area contributed by atoms with Gasteiger partial charge in [0.1, 0.15) is 5.82 Å². The third-order valence-electron chi connectivity index (χ3n) is 5.27. The molecule has 1 aliphatic carbocycles. The third-order valence-corrected chi connectivity index (χ3v) is 6.41. The Hall–Kier alpha value is -2.67. The highest BCUT2D eigenvalue weighted by molar-refractivity contribution is 8.00. The lowest BCUT2D eigenvalue weighted by molar-refractivity contribution is -0.121. The average molecular weight is 411 g/mol. The van der Waals surface area contributed by atoms with Gasteiger partial charge in [-0.25, -0.2) is 4.39 Å². The SMILES string of the molecule is CC(Sc1nnc(-c2ccc(F)cc2)n1C)C(=O)NC1CCCc2ccccc21. The Kier molecular flexibility index (Phi) is 5.67. The van der Waals surface area contributed by atoms with Crippen molar-refractivity contribution >= 4 is 17.7 Å². The lowest BCUT2D eigenvalue weighted by Crippen LogP contribution is -2.36. The molecule has 2 unspecified atom stereocenters. The minimum absolute atomic E-state index is 0.0111. The number of amides is 1. The van der Waals surface area contributed by atoms with E-state index >= 15 is 0 Å². The van der Waals surface area contributed by atoms with Gasteiger partial charge in [0.15, 0.2) is 11.0 Å². The van der Waals surface area contributed by atoms with E-state index in [1.807, 2.05) is 30.7 Å². The van der Waals surface area contributed by atoms with Gasteiger partial charge in [-0.2, -0.15) is 0 Å². The molecule has 1 aromatic heterocycles. The van der Waals surface area contributed by atoms with Crippen molar-refractivity contribution in [1.29, 1.82) is 0 Å². The normalized spacial score (nSPS) is 16.9. The van der Waals surface area contributed by atoms with E-state index in [1.165, 1.54) is 35.0 Å². The van der Waals surface area contributed by atoms with Crippen molar-refractivity contribution in [2.45, 2.75) is 42.6 Å². The van der Waals surface area contributed by atoms with Gasteiger partial charge in [-0.3, -0.25) is 4.79 Å². The van der Waals surface area contributed by atoms with Gasteiger partial charge < -0.3 is 9.88 Å². The van der Waals surface area contributed by atoms with E-state index in [0.29, 0.717) is 11.0 Å². The van der Waals surface area contributed by atoms with Crippen LogP contribution in [0.15, 0.2) is 53.7 Å². The van der Waals surface area contributed by atoms with Crippen LogP contribution in [0, 0.1) is 5.82 Å². The second kappa shape index (κ2) is 8.37. The fourth-order valence-electron chi connectivity index (χ4n) is 3.67. The lowest BCUT2D eigenvalue weighted by atomic mass is 9.88. The summed E-state index contributed by atoms with van der Waals surface area (Å²) in [5.74, 6) is 0.337. The molecule has 1 aliphatic rings. The molecule has 3 aromatic rings. The van der Waals surface area contributed by atoms with Crippen LogP contribution in [0.1, 0.15) is 36.9 Å². The summed E-state index contributed by atoms with van der Waals surface area (Å²) in [7, 11) is 1.85. The van der Waals surface area contributed by atoms with E-state index in [4.69, 9.17) is 0 Å². The van der Waals surface area contributed by atoms with E-state index in [0.717, 1.165) is 24.8 Å². The number of nitrogens with one attached hydrogen (secondary N) is 1. The molecular formula is C22H23FN4OS. The van der Waals surface area contributed by atoms with Crippen LogP contribution in [0.5, 0.6) is 0 Å². The van der Waals surface area contributed by atoms with Gasteiger partial charge in [-0.1, -0.05) is 36.0 Å². The van der Waals surface area contributed by atoms with Gasteiger partial charge in [0.2, 0.25) is 5.91 Å². The van der Waals surface area contributed by atoms with Crippen molar-refractivity contribution in [1.82, 2.24) is 20.1 Å². The molecule has 29 heavy (non-hydrogen) atoms. The molecule has 150 valence electrons. The summed E-state index contributed by atoms with van der Waals surface area (Å²) in [5, 5.41) is 12.0. The molecule has 0 bridgehead atoms. The van der Waals surface area contributed by atoms with Crippen LogP contribution in [-0.4, -0.2) is 25.9 Å². The van der Waals surface area contributed by atoms with Crippen LogP contribution in [0.3, 0.4) is 0 Å². The summed E-state index contributed by atoms with van der Waals surface area (Å²) in [6, 6.07) is 14.5. The van der Waals surface area contributed by atoms with E-state index in [2.05, 4.69) is 27.6 Å². The molecule has 1 amide bonds. The summed E-state index contributed by atoms with van der Waals surface area (Å²) in [6.45, 7) is 1.88. The molecule has 1 heterocycles. The predicted octanol–water partition coefficient (Wildman–Crippen LogP) is 4.30. The maximum atomic E-state index is 13.2. The van der Waals surface area contributed by atoms with Crippen LogP contribution in [0.4, 0.5) is 4.39 Å². The molecule has 1 N–H and O–H groups in total. The molecule has 0 aliphatic heterocycles. The van der Waals surface area contributed by atoms with Gasteiger partial charge in [-0.15, -0.1) is 10.2 Å². The lowest BCUT2D eigenvalue weighted by Gasteiger charge is -2.27. The molecule has 2 atom stereocenters. The Labute approximate surface area is 173 Å². The van der Waals surface area contributed by atoms with Crippen molar-refractivity contribution in [3.8, 4) is 11.4 Å². The van der Waals surface area contributed by atoms with E-state index in [9.17, 15) is 9.18 Å².